The Bertz CT molecular complexity index is 940. The molecule has 6 nitrogen and oxygen atoms in total. The van der Waals surface area contributed by atoms with Crippen LogP contribution in [0, 0.1) is 0 Å². The predicted molar refractivity (Wildman–Crippen MR) is 92.0 cm³/mol. The molecule has 2 aromatic carbocycles. The molecule has 2 heterocycles. The summed E-state index contributed by atoms with van der Waals surface area (Å²) in [5, 5.41) is 16.6. The summed E-state index contributed by atoms with van der Waals surface area (Å²) in [5.41, 5.74) is 3.83. The van der Waals surface area contributed by atoms with E-state index in [9.17, 15) is 0 Å². The van der Waals surface area contributed by atoms with Crippen LogP contribution in [0.15, 0.2) is 84.6 Å². The smallest absolute Gasteiger partial charge is 0.141 e. The second kappa shape index (κ2) is 6.29. The summed E-state index contributed by atoms with van der Waals surface area (Å²) in [7, 11) is 0. The van der Waals surface area contributed by atoms with E-state index in [0.29, 0.717) is 0 Å². The molecule has 0 saturated carbocycles. The van der Waals surface area contributed by atoms with Crippen molar-refractivity contribution < 1.29 is 0 Å². The largest absolute Gasteiger partial charge is 0.240 e. The lowest BCUT2D eigenvalue weighted by Gasteiger charge is -2.00. The van der Waals surface area contributed by atoms with Gasteiger partial charge in [0.15, 0.2) is 0 Å². The van der Waals surface area contributed by atoms with Gasteiger partial charge in [-0.3, -0.25) is 0 Å². The highest BCUT2D eigenvalue weighted by atomic mass is 15.4. The van der Waals surface area contributed by atoms with Crippen molar-refractivity contribution in [3.63, 3.8) is 0 Å². The number of hydrogen-bond acceptors (Lipinski definition) is 4. The Kier molecular flexibility index (Phi) is 3.69. The zero-order valence-electron chi connectivity index (χ0n) is 12.8. The van der Waals surface area contributed by atoms with E-state index in [4.69, 9.17) is 5.10 Å². The maximum atomic E-state index is 4.74. The van der Waals surface area contributed by atoms with E-state index < -0.39 is 0 Å². The molecule has 0 radical (unpaired) electrons. The lowest BCUT2D eigenvalue weighted by atomic mass is 10.1. The predicted octanol–water partition coefficient (Wildman–Crippen LogP) is 3.01. The van der Waals surface area contributed by atoms with Gasteiger partial charge in [-0.25, -0.2) is 9.36 Å². The number of aromatic nitrogens is 5. The molecule has 4 rings (SSSR count). The summed E-state index contributed by atoms with van der Waals surface area (Å²) in [6, 6.07) is 20.1. The van der Waals surface area contributed by atoms with Crippen molar-refractivity contribution in [1.29, 1.82) is 0 Å². The van der Waals surface area contributed by atoms with Crippen LogP contribution in [0.25, 0.3) is 16.9 Å². The third kappa shape index (κ3) is 2.85. The molecule has 0 bridgehead atoms. The first-order chi connectivity index (χ1) is 11.9. The third-order valence-corrected chi connectivity index (χ3v) is 3.55. The number of para-hydroxylation sites is 1. The van der Waals surface area contributed by atoms with Crippen LogP contribution in [0.1, 0.15) is 5.56 Å². The molecular formula is C18H14N6. The summed E-state index contributed by atoms with van der Waals surface area (Å²) in [5.74, 6) is 0. The highest BCUT2D eigenvalue weighted by Gasteiger charge is 2.10. The first-order valence-electron chi connectivity index (χ1n) is 7.50. The topological polar surface area (TPSA) is 60.9 Å². The fraction of sp³-hybridized carbons (Fsp3) is 0. The Labute approximate surface area is 138 Å². The quantitative estimate of drug-likeness (QED) is 0.544. The van der Waals surface area contributed by atoms with E-state index in [0.717, 1.165) is 22.5 Å². The average Bonchev–Trinajstić information content (AvgIpc) is 3.31. The summed E-state index contributed by atoms with van der Waals surface area (Å²) in [6.45, 7) is 0. The third-order valence-electron chi connectivity index (χ3n) is 3.55. The molecule has 0 aliphatic carbocycles. The van der Waals surface area contributed by atoms with Gasteiger partial charge in [0.25, 0.3) is 0 Å². The molecule has 6 heteroatoms. The van der Waals surface area contributed by atoms with Gasteiger partial charge in [-0.15, -0.1) is 10.2 Å². The highest BCUT2D eigenvalue weighted by molar-refractivity contribution is 5.88. The molecule has 0 atom stereocenters. The lowest BCUT2D eigenvalue weighted by Crippen LogP contribution is -1.93. The van der Waals surface area contributed by atoms with Gasteiger partial charge in [0.1, 0.15) is 18.3 Å². The Hall–Kier alpha value is -3.54. The molecule has 4 aromatic rings. The summed E-state index contributed by atoms with van der Waals surface area (Å²) in [6.07, 6.45) is 6.81. The molecule has 0 saturated heterocycles. The number of rotatable bonds is 4. The van der Waals surface area contributed by atoms with Gasteiger partial charge >= 0.3 is 0 Å². The molecule has 0 spiro atoms. The second-order valence-corrected chi connectivity index (χ2v) is 5.17. The van der Waals surface area contributed by atoms with Crippen LogP contribution in [0.2, 0.25) is 0 Å². The number of hydrogen-bond donors (Lipinski definition) is 0. The van der Waals surface area contributed by atoms with E-state index in [1.165, 1.54) is 0 Å². The first-order valence-corrected chi connectivity index (χ1v) is 7.50. The van der Waals surface area contributed by atoms with Crippen molar-refractivity contribution in [2.45, 2.75) is 0 Å². The Morgan fingerprint density at radius 3 is 2.21 bits per heavy atom. The van der Waals surface area contributed by atoms with E-state index in [1.54, 1.807) is 23.5 Å². The molecule has 0 amide bonds. The minimum Gasteiger partial charge on any atom is -0.240 e. The van der Waals surface area contributed by atoms with Gasteiger partial charge < -0.3 is 0 Å². The minimum absolute atomic E-state index is 0.872. The molecule has 2 aromatic heterocycles. The van der Waals surface area contributed by atoms with Crippen molar-refractivity contribution >= 4 is 6.21 Å². The molecule has 0 aliphatic heterocycles. The van der Waals surface area contributed by atoms with Crippen LogP contribution in [0.5, 0.6) is 0 Å². The molecule has 0 aliphatic rings. The zero-order valence-corrected chi connectivity index (χ0v) is 12.8. The van der Waals surface area contributed by atoms with E-state index in [2.05, 4.69) is 15.3 Å². The molecule has 24 heavy (non-hydrogen) atoms. The van der Waals surface area contributed by atoms with Crippen LogP contribution in [-0.4, -0.2) is 30.9 Å². The highest BCUT2D eigenvalue weighted by Crippen LogP contribution is 2.22. The van der Waals surface area contributed by atoms with Crippen molar-refractivity contribution in [1.82, 2.24) is 24.7 Å². The van der Waals surface area contributed by atoms with Gasteiger partial charge in [0, 0.05) is 17.3 Å². The maximum absolute atomic E-state index is 4.74. The second-order valence-electron chi connectivity index (χ2n) is 5.17. The average molecular weight is 314 g/mol. The van der Waals surface area contributed by atoms with Crippen molar-refractivity contribution in [3.05, 3.63) is 85.1 Å². The molecule has 0 fully saturated rings. The zero-order chi connectivity index (χ0) is 16.2. The Balaban J connectivity index is 1.80. The molecule has 0 unspecified atom stereocenters. The standard InChI is InChI=1S/C18H14N6/c1-3-7-15(8-4-1)18-16(11-21-23-13-19-20-14-23)12-24(22-18)17-9-5-2-6-10-17/h1-14H/b21-11+. The summed E-state index contributed by atoms with van der Waals surface area (Å²) >= 11 is 0. The Morgan fingerprint density at radius 2 is 1.50 bits per heavy atom. The number of nitrogens with zero attached hydrogens (tertiary/aromatic N) is 6. The van der Waals surface area contributed by atoms with E-state index in [1.807, 2.05) is 71.5 Å². The summed E-state index contributed by atoms with van der Waals surface area (Å²) < 4.78 is 3.41. The van der Waals surface area contributed by atoms with E-state index in [-0.39, 0.29) is 0 Å². The molecular weight excluding hydrogens is 300 g/mol. The van der Waals surface area contributed by atoms with E-state index >= 15 is 0 Å². The first kappa shape index (κ1) is 14.1. The van der Waals surface area contributed by atoms with Gasteiger partial charge in [-0.05, 0) is 12.1 Å². The van der Waals surface area contributed by atoms with Crippen molar-refractivity contribution in [3.8, 4) is 16.9 Å². The maximum Gasteiger partial charge on any atom is 0.141 e. The van der Waals surface area contributed by atoms with Gasteiger partial charge in [-0.1, -0.05) is 48.5 Å². The van der Waals surface area contributed by atoms with Crippen LogP contribution < -0.4 is 0 Å². The fourth-order valence-corrected chi connectivity index (χ4v) is 2.40. The normalized spacial score (nSPS) is 11.2. The van der Waals surface area contributed by atoms with Gasteiger partial charge in [-0.2, -0.15) is 10.2 Å². The molecule has 116 valence electrons. The molecule has 0 N–H and O–H groups in total. The van der Waals surface area contributed by atoms with Crippen LogP contribution in [-0.2, 0) is 0 Å². The van der Waals surface area contributed by atoms with Crippen LogP contribution in [0.4, 0.5) is 0 Å². The number of benzene rings is 2. The lowest BCUT2D eigenvalue weighted by molar-refractivity contribution is 0.877. The van der Waals surface area contributed by atoms with Crippen LogP contribution >= 0.6 is 0 Å². The monoisotopic (exact) mass is 314 g/mol. The SMILES string of the molecule is C(=N\n1cnnc1)/c1cn(-c2ccccc2)nc1-c1ccccc1. The Morgan fingerprint density at radius 1 is 0.833 bits per heavy atom. The van der Waals surface area contributed by atoms with Gasteiger partial charge in [0.05, 0.1) is 11.9 Å². The fourth-order valence-electron chi connectivity index (χ4n) is 2.40. The van der Waals surface area contributed by atoms with Crippen molar-refractivity contribution in [2.24, 2.45) is 5.10 Å². The van der Waals surface area contributed by atoms with Crippen LogP contribution in [0.3, 0.4) is 0 Å². The summed E-state index contributed by atoms with van der Waals surface area (Å²) in [4.78, 5) is 0. The van der Waals surface area contributed by atoms with Gasteiger partial charge in [0.2, 0.25) is 0 Å². The minimum atomic E-state index is 0.872. The van der Waals surface area contributed by atoms with Crippen molar-refractivity contribution in [2.75, 3.05) is 0 Å².